The molecule has 1 aromatic heterocycles. The van der Waals surface area contributed by atoms with E-state index >= 15 is 0 Å². The van der Waals surface area contributed by atoms with E-state index in [1.54, 1.807) is 37.3 Å². The van der Waals surface area contributed by atoms with Gasteiger partial charge in [-0.3, -0.25) is 14.9 Å². The molecular formula is C14H15N3O4. The second-order valence-electron chi connectivity index (χ2n) is 4.47. The number of carbonyl (C=O) groups is 2. The molecule has 7 heteroatoms. The van der Waals surface area contributed by atoms with Gasteiger partial charge in [0.15, 0.2) is 0 Å². The fraction of sp³-hybridized carbons (Fsp3) is 0.214. The molecule has 0 saturated carbocycles. The van der Waals surface area contributed by atoms with Crippen molar-refractivity contribution in [3.63, 3.8) is 0 Å². The number of nitrogens with one attached hydrogen (secondary N) is 1. The maximum atomic E-state index is 12.0. The lowest BCUT2D eigenvalue weighted by molar-refractivity contribution is -0.135. The van der Waals surface area contributed by atoms with Crippen molar-refractivity contribution in [2.24, 2.45) is 0 Å². The number of nitrogens with zero attached hydrogens (tertiary/aromatic N) is 2. The Morgan fingerprint density at radius 2 is 2.00 bits per heavy atom. The molecule has 110 valence electrons. The van der Waals surface area contributed by atoms with Gasteiger partial charge in [0.2, 0.25) is 11.8 Å². The van der Waals surface area contributed by atoms with E-state index in [0.717, 1.165) is 0 Å². The Labute approximate surface area is 121 Å². The number of anilines is 2. The summed E-state index contributed by atoms with van der Waals surface area (Å²) in [7, 11) is 0. The Morgan fingerprint density at radius 3 is 2.57 bits per heavy atom. The number of hydrogen-bond donors (Lipinski definition) is 2. The van der Waals surface area contributed by atoms with Gasteiger partial charge in [-0.05, 0) is 19.1 Å². The molecule has 1 amide bonds. The van der Waals surface area contributed by atoms with E-state index in [4.69, 9.17) is 9.63 Å². The molecule has 2 N–H and O–H groups in total. The maximum Gasteiger partial charge on any atom is 0.323 e. The Hall–Kier alpha value is -2.83. The van der Waals surface area contributed by atoms with Gasteiger partial charge in [0.25, 0.3) is 0 Å². The number of amides is 1. The Bertz CT molecular complexity index is 624. The molecule has 0 aliphatic heterocycles. The van der Waals surface area contributed by atoms with Gasteiger partial charge < -0.3 is 14.5 Å². The summed E-state index contributed by atoms with van der Waals surface area (Å²) in [5.41, 5.74) is 1.31. The first-order chi connectivity index (χ1) is 10.0. The molecule has 0 unspecified atom stereocenters. The Morgan fingerprint density at radius 1 is 1.29 bits per heavy atom. The zero-order valence-electron chi connectivity index (χ0n) is 11.4. The summed E-state index contributed by atoms with van der Waals surface area (Å²) in [5.74, 6) is -1.15. The van der Waals surface area contributed by atoms with E-state index in [2.05, 4.69) is 10.5 Å². The highest BCUT2D eigenvalue weighted by atomic mass is 16.5. The van der Waals surface area contributed by atoms with Crippen LogP contribution in [0.1, 0.15) is 5.69 Å². The summed E-state index contributed by atoms with van der Waals surface area (Å²) >= 11 is 0. The lowest BCUT2D eigenvalue weighted by Crippen LogP contribution is -2.36. The molecule has 0 atom stereocenters. The Balaban J connectivity index is 2.04. The normalized spacial score (nSPS) is 10.1. The highest BCUT2D eigenvalue weighted by Gasteiger charge is 2.15. The molecule has 0 saturated heterocycles. The van der Waals surface area contributed by atoms with Crippen molar-refractivity contribution in [1.82, 2.24) is 5.16 Å². The summed E-state index contributed by atoms with van der Waals surface area (Å²) in [6.45, 7) is 1.36. The van der Waals surface area contributed by atoms with Crippen LogP contribution in [0.15, 0.2) is 40.9 Å². The lowest BCUT2D eigenvalue weighted by Gasteiger charge is -2.21. The molecule has 0 radical (unpaired) electrons. The molecule has 0 bridgehead atoms. The summed E-state index contributed by atoms with van der Waals surface area (Å²) < 4.78 is 4.89. The number of carboxylic acid groups (broad SMARTS) is 1. The fourth-order valence-corrected chi connectivity index (χ4v) is 1.81. The molecule has 0 aliphatic rings. The number of aliphatic carboxylic acids is 1. The number of carboxylic acids is 1. The summed E-state index contributed by atoms with van der Waals surface area (Å²) in [5, 5.41) is 15.1. The predicted octanol–water partition coefficient (Wildman–Crippen LogP) is 1.51. The molecule has 0 spiro atoms. The van der Waals surface area contributed by atoms with Crippen molar-refractivity contribution in [1.29, 1.82) is 0 Å². The number of hydrogen-bond acceptors (Lipinski definition) is 5. The third-order valence-corrected chi connectivity index (χ3v) is 2.67. The average Bonchev–Trinajstić information content (AvgIpc) is 2.83. The van der Waals surface area contributed by atoms with E-state index in [-0.39, 0.29) is 24.9 Å². The quantitative estimate of drug-likeness (QED) is 0.837. The van der Waals surface area contributed by atoms with Gasteiger partial charge in [-0.15, -0.1) is 0 Å². The first-order valence-corrected chi connectivity index (χ1v) is 6.29. The molecule has 21 heavy (non-hydrogen) atoms. The van der Waals surface area contributed by atoms with Crippen LogP contribution in [-0.2, 0) is 9.59 Å². The minimum atomic E-state index is -1.01. The minimum absolute atomic E-state index is 0.101. The van der Waals surface area contributed by atoms with Crippen molar-refractivity contribution in [3.8, 4) is 0 Å². The number of aromatic nitrogens is 1. The van der Waals surface area contributed by atoms with Crippen molar-refractivity contribution in [2.45, 2.75) is 6.92 Å². The van der Waals surface area contributed by atoms with Crippen LogP contribution < -0.4 is 10.2 Å². The number of rotatable bonds is 6. The van der Waals surface area contributed by atoms with E-state index in [1.807, 2.05) is 6.07 Å². The highest BCUT2D eigenvalue weighted by molar-refractivity contribution is 5.93. The van der Waals surface area contributed by atoms with Crippen molar-refractivity contribution in [2.75, 3.05) is 23.3 Å². The van der Waals surface area contributed by atoms with Crippen molar-refractivity contribution < 1.29 is 19.2 Å². The van der Waals surface area contributed by atoms with E-state index in [1.165, 1.54) is 4.90 Å². The van der Waals surface area contributed by atoms with Crippen molar-refractivity contribution in [3.05, 3.63) is 42.1 Å². The van der Waals surface area contributed by atoms with E-state index in [9.17, 15) is 9.59 Å². The van der Waals surface area contributed by atoms with Crippen LogP contribution >= 0.6 is 0 Å². The fourth-order valence-electron chi connectivity index (χ4n) is 1.81. The van der Waals surface area contributed by atoms with Gasteiger partial charge in [0.1, 0.15) is 6.54 Å². The van der Waals surface area contributed by atoms with E-state index in [0.29, 0.717) is 11.4 Å². The van der Waals surface area contributed by atoms with Crippen LogP contribution in [0.5, 0.6) is 0 Å². The van der Waals surface area contributed by atoms with Gasteiger partial charge in [0, 0.05) is 11.8 Å². The molecule has 7 nitrogen and oxygen atoms in total. The molecule has 0 fully saturated rings. The second-order valence-corrected chi connectivity index (χ2v) is 4.47. The van der Waals surface area contributed by atoms with Gasteiger partial charge in [-0.2, -0.15) is 0 Å². The van der Waals surface area contributed by atoms with Crippen LogP contribution in [0.4, 0.5) is 11.6 Å². The monoisotopic (exact) mass is 289 g/mol. The third kappa shape index (κ3) is 4.34. The van der Waals surface area contributed by atoms with Crippen molar-refractivity contribution >= 4 is 23.4 Å². The largest absolute Gasteiger partial charge is 0.480 e. The summed E-state index contributed by atoms with van der Waals surface area (Å²) in [6.07, 6.45) is 0. The van der Waals surface area contributed by atoms with Gasteiger partial charge in [0.05, 0.1) is 12.2 Å². The van der Waals surface area contributed by atoms with Gasteiger partial charge in [-0.25, -0.2) is 0 Å². The smallest absolute Gasteiger partial charge is 0.323 e. The number of carbonyl (C=O) groups excluding carboxylic acids is 1. The van der Waals surface area contributed by atoms with Crippen LogP contribution in [0.25, 0.3) is 0 Å². The number of aryl methyl sites for hydroxylation is 1. The zero-order valence-corrected chi connectivity index (χ0v) is 11.4. The topological polar surface area (TPSA) is 95.7 Å². The second kappa shape index (κ2) is 6.56. The SMILES string of the molecule is Cc1cc(NC(=O)CN(CC(=O)O)c2ccccc2)on1. The summed E-state index contributed by atoms with van der Waals surface area (Å²) in [6, 6.07) is 10.5. The predicted molar refractivity (Wildman–Crippen MR) is 76.2 cm³/mol. The molecular weight excluding hydrogens is 274 g/mol. The first-order valence-electron chi connectivity index (χ1n) is 6.29. The molecule has 1 heterocycles. The molecule has 0 aliphatic carbocycles. The van der Waals surface area contributed by atoms with Crippen LogP contribution in [0, 0.1) is 6.92 Å². The molecule has 1 aromatic carbocycles. The molecule has 2 aromatic rings. The van der Waals surface area contributed by atoms with Crippen LogP contribution in [-0.4, -0.2) is 35.2 Å². The van der Waals surface area contributed by atoms with E-state index < -0.39 is 5.97 Å². The third-order valence-electron chi connectivity index (χ3n) is 2.67. The minimum Gasteiger partial charge on any atom is -0.480 e. The lowest BCUT2D eigenvalue weighted by atomic mass is 10.3. The number of para-hydroxylation sites is 1. The average molecular weight is 289 g/mol. The first kappa shape index (κ1) is 14.6. The van der Waals surface area contributed by atoms with Crippen LogP contribution in [0.3, 0.4) is 0 Å². The zero-order chi connectivity index (χ0) is 15.2. The molecule has 2 rings (SSSR count). The Kier molecular flexibility index (Phi) is 4.55. The van der Waals surface area contributed by atoms with Gasteiger partial charge >= 0.3 is 5.97 Å². The maximum absolute atomic E-state index is 12.0. The van der Waals surface area contributed by atoms with Crippen LogP contribution in [0.2, 0.25) is 0 Å². The standard InChI is InChI=1S/C14H15N3O4/c1-10-7-13(21-16-10)15-12(18)8-17(9-14(19)20)11-5-3-2-4-6-11/h2-7H,8-9H2,1H3,(H,15,18)(H,19,20). The highest BCUT2D eigenvalue weighted by Crippen LogP contribution is 2.13. The van der Waals surface area contributed by atoms with Gasteiger partial charge in [-0.1, -0.05) is 23.4 Å². The summed E-state index contributed by atoms with van der Waals surface area (Å²) in [4.78, 5) is 24.3. The number of benzene rings is 1.